The molecule has 1 aromatic carbocycles. The Balaban J connectivity index is 2.18. The van der Waals surface area contributed by atoms with E-state index < -0.39 is 0 Å². The van der Waals surface area contributed by atoms with Crippen molar-refractivity contribution in [1.29, 1.82) is 0 Å². The van der Waals surface area contributed by atoms with Crippen LogP contribution < -0.4 is 10.5 Å². The van der Waals surface area contributed by atoms with Gasteiger partial charge in [0.2, 0.25) is 0 Å². The predicted molar refractivity (Wildman–Crippen MR) is 89.8 cm³/mol. The van der Waals surface area contributed by atoms with Gasteiger partial charge < -0.3 is 15.2 Å². The molecule has 4 heteroatoms. The van der Waals surface area contributed by atoms with Crippen molar-refractivity contribution in [2.75, 3.05) is 14.2 Å². The van der Waals surface area contributed by atoms with Gasteiger partial charge in [-0.3, -0.25) is 0 Å². The van der Waals surface area contributed by atoms with Crippen LogP contribution in [0.4, 0.5) is 0 Å². The molecule has 3 nitrogen and oxygen atoms in total. The summed E-state index contributed by atoms with van der Waals surface area (Å²) in [5.74, 6) is 0.897. The summed E-state index contributed by atoms with van der Waals surface area (Å²) in [6, 6.07) is 6.06. The van der Waals surface area contributed by atoms with Gasteiger partial charge in [0.15, 0.2) is 0 Å². The Morgan fingerprint density at radius 3 is 2.43 bits per heavy atom. The predicted octanol–water partition coefficient (Wildman–Crippen LogP) is 4.07. The Labute approximate surface area is 136 Å². The maximum atomic E-state index is 6.57. The molecule has 2 N–H and O–H groups in total. The first-order valence-corrected chi connectivity index (χ1v) is 8.54. The molecule has 0 bridgehead atoms. The lowest BCUT2D eigenvalue weighted by Crippen LogP contribution is -2.50. The van der Waals surface area contributed by atoms with Crippen LogP contribution in [0.25, 0.3) is 0 Å². The van der Waals surface area contributed by atoms with Crippen LogP contribution in [0.1, 0.15) is 44.1 Å². The van der Waals surface area contributed by atoms with Crippen molar-refractivity contribution in [3.8, 4) is 5.75 Å². The monoisotopic (exact) mass is 355 g/mol. The number of ether oxygens (including phenoxy) is 2. The smallest absolute Gasteiger partial charge is 0.122 e. The van der Waals surface area contributed by atoms with Gasteiger partial charge in [0.25, 0.3) is 0 Å². The van der Waals surface area contributed by atoms with Gasteiger partial charge in [0, 0.05) is 17.6 Å². The molecule has 1 unspecified atom stereocenters. The van der Waals surface area contributed by atoms with Gasteiger partial charge in [-0.05, 0) is 43.0 Å². The van der Waals surface area contributed by atoms with Crippen molar-refractivity contribution >= 4 is 15.9 Å². The molecule has 1 aliphatic rings. The van der Waals surface area contributed by atoms with Gasteiger partial charge in [0.05, 0.1) is 12.7 Å². The average Bonchev–Trinajstić information content (AvgIpc) is 2.74. The van der Waals surface area contributed by atoms with Crippen LogP contribution in [-0.2, 0) is 11.2 Å². The lowest BCUT2D eigenvalue weighted by atomic mass is 9.83. The Hall–Kier alpha value is -0.580. The molecule has 0 aromatic heterocycles. The minimum atomic E-state index is -0.191. The highest BCUT2D eigenvalue weighted by molar-refractivity contribution is 9.10. The van der Waals surface area contributed by atoms with E-state index in [4.69, 9.17) is 15.2 Å². The molecule has 1 aromatic rings. The molecule has 0 heterocycles. The number of rotatable bonds is 5. The Kier molecular flexibility index (Phi) is 6.08. The normalized spacial score (nSPS) is 19.8. The summed E-state index contributed by atoms with van der Waals surface area (Å²) >= 11 is 3.53. The van der Waals surface area contributed by atoms with Crippen LogP contribution in [0.3, 0.4) is 0 Å². The fraction of sp³-hybridized carbons (Fsp3) is 0.647. The zero-order chi connectivity index (χ0) is 15.3. The van der Waals surface area contributed by atoms with E-state index in [0.29, 0.717) is 0 Å². The van der Waals surface area contributed by atoms with E-state index in [-0.39, 0.29) is 11.6 Å². The second kappa shape index (κ2) is 7.61. The molecule has 1 fully saturated rings. The summed E-state index contributed by atoms with van der Waals surface area (Å²) in [4.78, 5) is 0. The first kappa shape index (κ1) is 16.8. The van der Waals surface area contributed by atoms with Crippen LogP contribution in [-0.4, -0.2) is 25.9 Å². The fourth-order valence-corrected chi connectivity index (χ4v) is 3.79. The lowest BCUT2D eigenvalue weighted by Gasteiger charge is -2.37. The third-order valence-corrected chi connectivity index (χ3v) is 5.21. The van der Waals surface area contributed by atoms with E-state index in [9.17, 15) is 0 Å². The summed E-state index contributed by atoms with van der Waals surface area (Å²) in [6.07, 6.45) is 7.88. The molecule has 1 saturated carbocycles. The van der Waals surface area contributed by atoms with Gasteiger partial charge in [-0.25, -0.2) is 0 Å². The van der Waals surface area contributed by atoms with E-state index in [1.54, 1.807) is 7.11 Å². The maximum Gasteiger partial charge on any atom is 0.122 e. The Morgan fingerprint density at radius 1 is 1.19 bits per heavy atom. The zero-order valence-corrected chi connectivity index (χ0v) is 14.6. The van der Waals surface area contributed by atoms with E-state index in [0.717, 1.165) is 35.0 Å². The van der Waals surface area contributed by atoms with Crippen molar-refractivity contribution in [3.63, 3.8) is 0 Å². The minimum absolute atomic E-state index is 0.0104. The third-order valence-electron chi connectivity index (χ3n) is 4.71. The number of methoxy groups -OCH3 is 2. The summed E-state index contributed by atoms with van der Waals surface area (Å²) in [5.41, 5.74) is 7.52. The maximum absolute atomic E-state index is 6.57. The first-order valence-electron chi connectivity index (χ1n) is 7.74. The number of hydrogen-bond donors (Lipinski definition) is 1. The first-order chi connectivity index (χ1) is 10.1. The number of hydrogen-bond acceptors (Lipinski definition) is 3. The molecular weight excluding hydrogens is 330 g/mol. The molecular formula is C17H26BrNO2. The van der Waals surface area contributed by atoms with Crippen molar-refractivity contribution in [2.45, 2.75) is 56.6 Å². The molecule has 0 aliphatic heterocycles. The summed E-state index contributed by atoms with van der Waals surface area (Å²) in [6.45, 7) is 0. The lowest BCUT2D eigenvalue weighted by molar-refractivity contribution is -0.0431. The minimum Gasteiger partial charge on any atom is -0.496 e. The van der Waals surface area contributed by atoms with Crippen molar-refractivity contribution < 1.29 is 9.47 Å². The molecule has 0 radical (unpaired) electrons. The molecule has 0 spiro atoms. The molecule has 1 aliphatic carbocycles. The topological polar surface area (TPSA) is 44.5 Å². The van der Waals surface area contributed by atoms with Crippen LogP contribution in [0.2, 0.25) is 0 Å². The van der Waals surface area contributed by atoms with Crippen molar-refractivity contribution in [2.24, 2.45) is 5.73 Å². The molecule has 2 rings (SSSR count). The summed E-state index contributed by atoms with van der Waals surface area (Å²) in [5, 5.41) is 0. The molecule has 21 heavy (non-hydrogen) atoms. The number of benzene rings is 1. The SMILES string of the molecule is COc1ccc(Br)cc1CC(N)C1(OC)CCCCCC1. The molecule has 118 valence electrons. The van der Waals surface area contributed by atoms with E-state index in [2.05, 4.69) is 22.0 Å². The summed E-state index contributed by atoms with van der Waals surface area (Å²) in [7, 11) is 3.51. The zero-order valence-electron chi connectivity index (χ0n) is 13.0. The van der Waals surface area contributed by atoms with Crippen LogP contribution in [0, 0.1) is 0 Å². The second-order valence-corrected chi connectivity index (χ2v) is 6.87. The summed E-state index contributed by atoms with van der Waals surface area (Å²) < 4.78 is 12.4. The standard InChI is InChI=1S/C17H26BrNO2/c1-20-15-8-7-14(18)11-13(15)12-16(19)17(21-2)9-5-3-4-6-10-17/h7-8,11,16H,3-6,9-10,12,19H2,1-2H3. The van der Waals surface area contributed by atoms with Crippen molar-refractivity contribution in [1.82, 2.24) is 0 Å². The Bertz CT molecular complexity index is 456. The van der Waals surface area contributed by atoms with Gasteiger partial charge in [-0.1, -0.05) is 41.6 Å². The Morgan fingerprint density at radius 2 is 1.86 bits per heavy atom. The molecule has 0 amide bonds. The van der Waals surface area contributed by atoms with Gasteiger partial charge in [0.1, 0.15) is 5.75 Å². The quantitative estimate of drug-likeness (QED) is 0.809. The van der Waals surface area contributed by atoms with Gasteiger partial charge >= 0.3 is 0 Å². The van der Waals surface area contributed by atoms with Crippen LogP contribution in [0.15, 0.2) is 22.7 Å². The third kappa shape index (κ3) is 3.99. The van der Waals surface area contributed by atoms with Gasteiger partial charge in [-0.15, -0.1) is 0 Å². The van der Waals surface area contributed by atoms with E-state index in [1.807, 2.05) is 19.2 Å². The highest BCUT2D eigenvalue weighted by Crippen LogP contribution is 2.35. The number of nitrogens with two attached hydrogens (primary N) is 1. The largest absolute Gasteiger partial charge is 0.496 e. The van der Waals surface area contributed by atoms with E-state index >= 15 is 0 Å². The van der Waals surface area contributed by atoms with Crippen LogP contribution >= 0.6 is 15.9 Å². The molecule has 0 saturated heterocycles. The van der Waals surface area contributed by atoms with Crippen molar-refractivity contribution in [3.05, 3.63) is 28.2 Å². The van der Waals surface area contributed by atoms with Crippen LogP contribution in [0.5, 0.6) is 5.75 Å². The fourth-order valence-electron chi connectivity index (χ4n) is 3.38. The average molecular weight is 356 g/mol. The number of halogens is 1. The molecule has 1 atom stereocenters. The van der Waals surface area contributed by atoms with E-state index in [1.165, 1.54) is 25.7 Å². The highest BCUT2D eigenvalue weighted by Gasteiger charge is 2.37. The van der Waals surface area contributed by atoms with Gasteiger partial charge in [-0.2, -0.15) is 0 Å². The highest BCUT2D eigenvalue weighted by atomic mass is 79.9. The second-order valence-electron chi connectivity index (χ2n) is 5.95.